The van der Waals surface area contributed by atoms with Gasteiger partial charge in [0.15, 0.2) is 5.78 Å². The normalized spacial score (nSPS) is 12.9. The van der Waals surface area contributed by atoms with E-state index in [1.807, 2.05) is 81.5 Å². The number of nitrogens with one attached hydrogen (secondary N) is 1. The van der Waals surface area contributed by atoms with E-state index in [0.717, 1.165) is 40.4 Å². The predicted octanol–water partition coefficient (Wildman–Crippen LogP) is 10.6. The van der Waals surface area contributed by atoms with Gasteiger partial charge in [0, 0.05) is 72.4 Å². The van der Waals surface area contributed by atoms with Gasteiger partial charge >= 0.3 is 6.18 Å². The minimum absolute atomic E-state index is 0.0333. The SMILES string of the molecule is C=C(Nc1ccc(CCCC(=O)Cc2ccc(C(=O)CCc3cccc(C)n3)cc2)cc1C(=O)N(C)CC)C1=C(c2ccc(C(F)(F)F)cc2)N=C(CC)C=CC1. The van der Waals surface area contributed by atoms with E-state index in [4.69, 9.17) is 4.99 Å². The van der Waals surface area contributed by atoms with Crippen LogP contribution in [-0.4, -0.2) is 46.7 Å². The fourth-order valence-corrected chi connectivity index (χ4v) is 6.54. The molecule has 0 saturated heterocycles. The third-order valence-corrected chi connectivity index (χ3v) is 9.96. The summed E-state index contributed by atoms with van der Waals surface area (Å²) >= 11 is 0. The second kappa shape index (κ2) is 19.3. The molecular formula is C47H49F3N4O3. The first kappa shape index (κ1) is 42.2. The highest BCUT2D eigenvalue weighted by atomic mass is 19.4. The molecule has 4 aromatic rings. The van der Waals surface area contributed by atoms with Crippen LogP contribution in [0.25, 0.3) is 5.70 Å². The van der Waals surface area contributed by atoms with Gasteiger partial charge in [-0.1, -0.05) is 68.1 Å². The molecular weight excluding hydrogens is 726 g/mol. The van der Waals surface area contributed by atoms with Gasteiger partial charge in [-0.25, -0.2) is 0 Å². The number of rotatable bonds is 17. The number of aliphatic imine (C=N–C) groups is 1. The van der Waals surface area contributed by atoms with Gasteiger partial charge in [-0.3, -0.25) is 24.4 Å². The molecule has 1 aliphatic rings. The highest BCUT2D eigenvalue weighted by molar-refractivity contribution is 6.01. The lowest BCUT2D eigenvalue weighted by Crippen LogP contribution is -2.27. The maximum absolute atomic E-state index is 13.6. The first-order valence-corrected chi connectivity index (χ1v) is 19.3. The van der Waals surface area contributed by atoms with Crippen molar-refractivity contribution in [2.45, 2.75) is 78.3 Å². The zero-order chi connectivity index (χ0) is 41.1. The van der Waals surface area contributed by atoms with E-state index in [-0.39, 0.29) is 23.9 Å². The molecule has 10 heteroatoms. The fourth-order valence-electron chi connectivity index (χ4n) is 6.54. The number of halogens is 3. The van der Waals surface area contributed by atoms with Crippen LogP contribution in [0.1, 0.15) is 100 Å². The molecule has 0 fully saturated rings. The molecule has 296 valence electrons. The Balaban J connectivity index is 1.25. The molecule has 3 aromatic carbocycles. The van der Waals surface area contributed by atoms with Crippen molar-refractivity contribution in [2.75, 3.05) is 18.9 Å². The molecule has 0 atom stereocenters. The van der Waals surface area contributed by atoms with Crippen molar-refractivity contribution >= 4 is 34.6 Å². The second-order valence-electron chi connectivity index (χ2n) is 14.2. The van der Waals surface area contributed by atoms with Crippen LogP contribution < -0.4 is 5.32 Å². The average molecular weight is 775 g/mol. The molecule has 0 bridgehead atoms. The molecule has 57 heavy (non-hydrogen) atoms. The summed E-state index contributed by atoms with van der Waals surface area (Å²) < 4.78 is 40.1. The minimum atomic E-state index is -4.46. The predicted molar refractivity (Wildman–Crippen MR) is 221 cm³/mol. The first-order chi connectivity index (χ1) is 27.2. The van der Waals surface area contributed by atoms with Crippen molar-refractivity contribution in [2.24, 2.45) is 4.99 Å². The maximum atomic E-state index is 13.6. The summed E-state index contributed by atoms with van der Waals surface area (Å²) in [6.45, 7) is 10.6. The molecule has 1 aliphatic heterocycles. The van der Waals surface area contributed by atoms with E-state index >= 15 is 0 Å². The first-order valence-electron chi connectivity index (χ1n) is 19.3. The van der Waals surface area contributed by atoms with Crippen molar-refractivity contribution in [1.29, 1.82) is 0 Å². The Morgan fingerprint density at radius 2 is 1.61 bits per heavy atom. The topological polar surface area (TPSA) is 91.7 Å². The number of Topliss-reactive ketones (excluding diaryl/α,β-unsaturated/α-hetero) is 2. The third kappa shape index (κ3) is 11.6. The molecule has 5 rings (SSSR count). The van der Waals surface area contributed by atoms with Crippen LogP contribution in [0.4, 0.5) is 18.9 Å². The Kier molecular flexibility index (Phi) is 14.3. The van der Waals surface area contributed by atoms with Crippen molar-refractivity contribution < 1.29 is 27.6 Å². The number of carbonyl (C=O) groups excluding carboxylic acids is 3. The van der Waals surface area contributed by atoms with Gasteiger partial charge in [0.05, 0.1) is 22.5 Å². The van der Waals surface area contributed by atoms with Crippen LogP contribution >= 0.6 is 0 Å². The summed E-state index contributed by atoms with van der Waals surface area (Å²) in [5, 5.41) is 3.33. The van der Waals surface area contributed by atoms with Crippen LogP contribution in [0.5, 0.6) is 0 Å². The number of benzene rings is 3. The average Bonchev–Trinajstić information content (AvgIpc) is 3.43. The number of alkyl halides is 3. The minimum Gasteiger partial charge on any atom is -0.355 e. The lowest BCUT2D eigenvalue weighted by molar-refractivity contribution is -0.137. The molecule has 1 N–H and O–H groups in total. The Morgan fingerprint density at radius 3 is 2.28 bits per heavy atom. The molecule has 1 aromatic heterocycles. The van der Waals surface area contributed by atoms with Gasteiger partial charge in [-0.05, 0) is 99.6 Å². The zero-order valence-electron chi connectivity index (χ0n) is 33.0. The molecule has 0 saturated carbocycles. The van der Waals surface area contributed by atoms with Crippen molar-refractivity contribution in [3.05, 3.63) is 160 Å². The monoisotopic (exact) mass is 774 g/mol. The maximum Gasteiger partial charge on any atom is 0.416 e. The van der Waals surface area contributed by atoms with E-state index in [1.54, 1.807) is 24.1 Å². The lowest BCUT2D eigenvalue weighted by Gasteiger charge is -2.21. The second-order valence-corrected chi connectivity index (χ2v) is 14.2. The summed E-state index contributed by atoms with van der Waals surface area (Å²) in [5.41, 5.74) is 7.37. The van der Waals surface area contributed by atoms with E-state index in [9.17, 15) is 27.6 Å². The number of hydrogen-bond donors (Lipinski definition) is 1. The number of hydrogen-bond acceptors (Lipinski definition) is 6. The smallest absolute Gasteiger partial charge is 0.355 e. The number of nitrogens with zero attached hydrogens (tertiary/aromatic N) is 3. The number of pyridine rings is 1. The van der Waals surface area contributed by atoms with Gasteiger partial charge in [-0.2, -0.15) is 13.2 Å². The van der Waals surface area contributed by atoms with Crippen molar-refractivity contribution in [3.63, 3.8) is 0 Å². The van der Waals surface area contributed by atoms with E-state index in [0.29, 0.717) is 90.8 Å². The number of aryl methyl sites for hydroxylation is 3. The quantitative estimate of drug-likeness (QED) is 0.108. The van der Waals surface area contributed by atoms with E-state index < -0.39 is 11.7 Å². The Labute approximate surface area is 333 Å². The van der Waals surface area contributed by atoms with E-state index in [2.05, 4.69) is 16.9 Å². The van der Waals surface area contributed by atoms with E-state index in [1.165, 1.54) is 12.1 Å². The van der Waals surface area contributed by atoms with Gasteiger partial charge in [0.25, 0.3) is 5.91 Å². The van der Waals surface area contributed by atoms with Crippen LogP contribution in [0.15, 0.2) is 120 Å². The van der Waals surface area contributed by atoms with Crippen LogP contribution in [0.3, 0.4) is 0 Å². The number of ketones is 2. The van der Waals surface area contributed by atoms with Gasteiger partial charge < -0.3 is 10.2 Å². The zero-order valence-corrected chi connectivity index (χ0v) is 33.0. The molecule has 0 spiro atoms. The summed E-state index contributed by atoms with van der Waals surface area (Å²) in [7, 11) is 1.72. The Bertz CT molecular complexity index is 2200. The van der Waals surface area contributed by atoms with Gasteiger partial charge in [0.1, 0.15) is 5.78 Å². The summed E-state index contributed by atoms with van der Waals surface area (Å²) in [6, 6.07) is 23.5. The number of allylic oxidation sites excluding steroid dienone is 3. The molecule has 7 nitrogen and oxygen atoms in total. The van der Waals surface area contributed by atoms with Crippen LogP contribution in [-0.2, 0) is 30.2 Å². The standard InChI is InChI=1S/C47H49F3N4O3/c1-6-38-13-10-16-41(45(53-38)36-22-24-37(25-23-36)47(48,49)50)32(4)52-43-27-19-33(30-42(43)46(57)54(5)7-2)12-9-15-40(55)29-34-17-20-35(21-18-34)44(56)28-26-39-14-8-11-31(3)51-39/h8,10-11,13-14,17-25,27,30,52H,4,6-7,9,12,15-16,26,28-29H2,1-3,5H3. The molecule has 0 unspecified atom stereocenters. The largest absolute Gasteiger partial charge is 0.416 e. The van der Waals surface area contributed by atoms with Crippen LogP contribution in [0, 0.1) is 6.92 Å². The number of carbonyl (C=O) groups is 3. The highest BCUT2D eigenvalue weighted by Gasteiger charge is 2.30. The Hall–Kier alpha value is -5.90. The van der Waals surface area contributed by atoms with Gasteiger partial charge in [0.2, 0.25) is 0 Å². The Morgan fingerprint density at radius 1 is 0.895 bits per heavy atom. The molecule has 0 radical (unpaired) electrons. The summed E-state index contributed by atoms with van der Waals surface area (Å²) in [5.74, 6) is -0.0749. The molecule has 0 aliphatic carbocycles. The number of amides is 1. The molecule has 1 amide bonds. The lowest BCUT2D eigenvalue weighted by atomic mass is 9.98. The van der Waals surface area contributed by atoms with Crippen molar-refractivity contribution in [1.82, 2.24) is 9.88 Å². The fraction of sp³-hybridized carbons (Fsp3) is 0.298. The van der Waals surface area contributed by atoms with Gasteiger partial charge in [-0.15, -0.1) is 0 Å². The number of anilines is 1. The van der Waals surface area contributed by atoms with Crippen LogP contribution in [0.2, 0.25) is 0 Å². The summed E-state index contributed by atoms with van der Waals surface area (Å²) in [6.07, 6.45) is 3.17. The molecule has 2 heterocycles. The number of aromatic nitrogens is 1. The van der Waals surface area contributed by atoms with Crippen molar-refractivity contribution in [3.8, 4) is 0 Å². The summed E-state index contributed by atoms with van der Waals surface area (Å²) in [4.78, 5) is 50.3. The third-order valence-electron chi connectivity index (χ3n) is 9.96. The highest BCUT2D eigenvalue weighted by Crippen LogP contribution is 2.34.